The first kappa shape index (κ1) is 10.9. The molecule has 0 atom stereocenters. The van der Waals surface area contributed by atoms with Crippen LogP contribution in [0.5, 0.6) is 0 Å². The van der Waals surface area contributed by atoms with Crippen molar-refractivity contribution in [2.45, 2.75) is 31.7 Å². The van der Waals surface area contributed by atoms with Crippen molar-refractivity contribution in [3.8, 4) is 0 Å². The van der Waals surface area contributed by atoms with Crippen molar-refractivity contribution in [1.29, 1.82) is 0 Å². The van der Waals surface area contributed by atoms with Crippen LogP contribution in [-0.2, 0) is 0 Å². The predicted molar refractivity (Wildman–Crippen MR) is 61.7 cm³/mol. The maximum Gasteiger partial charge on any atom is 0.227 e. The van der Waals surface area contributed by atoms with E-state index in [9.17, 15) is 0 Å². The lowest BCUT2D eigenvalue weighted by Crippen LogP contribution is -2.44. The number of hydrogen-bond acceptors (Lipinski definition) is 2. The Labute approximate surface area is 92.9 Å². The minimum absolute atomic E-state index is 0.675. The molecular weight excluding hydrogens is 186 g/mol. The molecule has 0 unspecified atom stereocenters. The highest BCUT2D eigenvalue weighted by atomic mass is 15.2. The molecule has 0 N–H and O–H groups in total. The Morgan fingerprint density at radius 3 is 2.33 bits per heavy atom. The van der Waals surface area contributed by atoms with Crippen molar-refractivity contribution in [1.82, 2.24) is 9.80 Å². The molecule has 2 aliphatic rings. The normalized spacial score (nSPS) is 25.5. The molecule has 15 heavy (non-hydrogen) atoms. The third-order valence-electron chi connectivity index (χ3n) is 3.74. The first-order valence-electron chi connectivity index (χ1n) is 6.20. The van der Waals surface area contributed by atoms with E-state index in [2.05, 4.69) is 14.6 Å². The maximum absolute atomic E-state index is 6.79. The van der Waals surface area contributed by atoms with Crippen LogP contribution in [0.25, 0.3) is 4.85 Å². The zero-order valence-electron chi connectivity index (χ0n) is 9.49. The van der Waals surface area contributed by atoms with E-state index in [4.69, 9.17) is 6.57 Å². The van der Waals surface area contributed by atoms with Gasteiger partial charge in [-0.3, -0.25) is 4.90 Å². The third kappa shape index (κ3) is 2.93. The van der Waals surface area contributed by atoms with Crippen LogP contribution in [0.2, 0.25) is 0 Å². The molecule has 0 aromatic rings. The molecule has 0 bridgehead atoms. The van der Waals surface area contributed by atoms with E-state index in [0.29, 0.717) is 6.54 Å². The Morgan fingerprint density at radius 1 is 1.07 bits per heavy atom. The van der Waals surface area contributed by atoms with Gasteiger partial charge >= 0.3 is 0 Å². The van der Waals surface area contributed by atoms with E-state index < -0.39 is 0 Å². The zero-order chi connectivity index (χ0) is 10.5. The van der Waals surface area contributed by atoms with Crippen LogP contribution in [0, 0.1) is 6.57 Å². The number of likely N-dealkylation sites (tertiary alicyclic amines) is 2. The summed E-state index contributed by atoms with van der Waals surface area (Å²) in [4.78, 5) is 8.55. The molecule has 0 aromatic carbocycles. The van der Waals surface area contributed by atoms with Crippen LogP contribution >= 0.6 is 0 Å². The number of piperidine rings is 1. The second-order valence-corrected chi connectivity index (χ2v) is 4.70. The second kappa shape index (κ2) is 5.48. The van der Waals surface area contributed by atoms with Gasteiger partial charge in [-0.15, -0.1) is 0 Å². The zero-order valence-corrected chi connectivity index (χ0v) is 9.49. The minimum Gasteiger partial charge on any atom is -0.316 e. The van der Waals surface area contributed by atoms with Gasteiger partial charge in [0.25, 0.3) is 0 Å². The fourth-order valence-electron chi connectivity index (χ4n) is 2.81. The Bertz CT molecular complexity index is 220. The fraction of sp³-hybridized carbons (Fsp3) is 0.917. The molecule has 2 heterocycles. The van der Waals surface area contributed by atoms with Crippen molar-refractivity contribution in [2.75, 3.05) is 39.3 Å². The van der Waals surface area contributed by atoms with Gasteiger partial charge in [0.05, 0.1) is 6.54 Å². The summed E-state index contributed by atoms with van der Waals surface area (Å²) < 4.78 is 0. The van der Waals surface area contributed by atoms with E-state index in [-0.39, 0.29) is 0 Å². The molecule has 0 spiro atoms. The van der Waals surface area contributed by atoms with Crippen molar-refractivity contribution in [3.63, 3.8) is 0 Å². The Hall–Kier alpha value is -0.590. The smallest absolute Gasteiger partial charge is 0.227 e. The molecule has 2 rings (SSSR count). The summed E-state index contributed by atoms with van der Waals surface area (Å²) in [6, 6.07) is 0.844. The molecule has 0 aliphatic carbocycles. The largest absolute Gasteiger partial charge is 0.316 e. The molecular formula is C12H21N3. The average molecular weight is 207 g/mol. The maximum atomic E-state index is 6.79. The summed E-state index contributed by atoms with van der Waals surface area (Å²) in [5.41, 5.74) is 0. The van der Waals surface area contributed by atoms with Gasteiger partial charge in [0.2, 0.25) is 6.54 Å². The summed E-state index contributed by atoms with van der Waals surface area (Å²) in [5, 5.41) is 0. The first-order valence-corrected chi connectivity index (χ1v) is 6.20. The van der Waals surface area contributed by atoms with Gasteiger partial charge < -0.3 is 9.74 Å². The van der Waals surface area contributed by atoms with Crippen LogP contribution in [-0.4, -0.2) is 55.1 Å². The van der Waals surface area contributed by atoms with Gasteiger partial charge in [-0.1, -0.05) is 0 Å². The molecule has 0 aromatic heterocycles. The van der Waals surface area contributed by atoms with Gasteiger partial charge in [-0.2, -0.15) is 0 Å². The molecule has 2 saturated heterocycles. The SMILES string of the molecule is [C-]#[N+]CCN1CCC(N2CCCC2)CC1. The third-order valence-corrected chi connectivity index (χ3v) is 3.74. The summed E-state index contributed by atoms with van der Waals surface area (Å²) in [6.45, 7) is 13.5. The van der Waals surface area contributed by atoms with E-state index in [1.807, 2.05) is 0 Å². The molecule has 3 heteroatoms. The highest BCUT2D eigenvalue weighted by Gasteiger charge is 2.26. The highest BCUT2D eigenvalue weighted by Crippen LogP contribution is 2.20. The van der Waals surface area contributed by atoms with Crippen LogP contribution in [0.15, 0.2) is 0 Å². The second-order valence-electron chi connectivity index (χ2n) is 4.70. The first-order chi connectivity index (χ1) is 7.40. The molecule has 0 amide bonds. The summed E-state index contributed by atoms with van der Waals surface area (Å²) in [5.74, 6) is 0. The number of nitrogens with zero attached hydrogens (tertiary/aromatic N) is 3. The van der Waals surface area contributed by atoms with Gasteiger partial charge in [0.15, 0.2) is 0 Å². The molecule has 0 saturated carbocycles. The standard InChI is InChI=1S/C12H21N3/c1-13-6-11-14-9-4-12(5-10-14)15-7-2-3-8-15/h12H,2-11H2. The highest BCUT2D eigenvalue weighted by molar-refractivity contribution is 4.82. The Balaban J connectivity index is 1.69. The van der Waals surface area contributed by atoms with Crippen molar-refractivity contribution >= 4 is 0 Å². The van der Waals surface area contributed by atoms with Crippen LogP contribution < -0.4 is 0 Å². The van der Waals surface area contributed by atoms with E-state index in [1.165, 1.54) is 51.9 Å². The van der Waals surface area contributed by atoms with Crippen molar-refractivity contribution in [3.05, 3.63) is 11.4 Å². The van der Waals surface area contributed by atoms with Gasteiger partial charge in [-0.05, 0) is 51.9 Å². The lowest BCUT2D eigenvalue weighted by molar-refractivity contribution is 0.130. The summed E-state index contributed by atoms with van der Waals surface area (Å²) >= 11 is 0. The summed E-state index contributed by atoms with van der Waals surface area (Å²) in [7, 11) is 0. The lowest BCUT2D eigenvalue weighted by Gasteiger charge is -2.35. The molecule has 2 aliphatic heterocycles. The predicted octanol–water partition coefficient (Wildman–Crippen LogP) is 1.47. The molecule has 3 nitrogen and oxygen atoms in total. The Morgan fingerprint density at radius 2 is 1.73 bits per heavy atom. The van der Waals surface area contributed by atoms with Crippen molar-refractivity contribution < 1.29 is 0 Å². The fourth-order valence-corrected chi connectivity index (χ4v) is 2.81. The number of hydrogen-bond donors (Lipinski definition) is 0. The minimum atomic E-state index is 0.675. The van der Waals surface area contributed by atoms with E-state index in [1.54, 1.807) is 0 Å². The van der Waals surface area contributed by atoms with Gasteiger partial charge in [0, 0.05) is 6.04 Å². The van der Waals surface area contributed by atoms with Gasteiger partial charge in [0.1, 0.15) is 0 Å². The quantitative estimate of drug-likeness (QED) is 0.649. The number of rotatable bonds is 3. The molecule has 0 radical (unpaired) electrons. The van der Waals surface area contributed by atoms with E-state index >= 15 is 0 Å². The lowest BCUT2D eigenvalue weighted by atomic mass is 10.0. The Kier molecular flexibility index (Phi) is 3.99. The molecule has 84 valence electrons. The van der Waals surface area contributed by atoms with Crippen molar-refractivity contribution in [2.24, 2.45) is 0 Å². The van der Waals surface area contributed by atoms with Gasteiger partial charge in [-0.25, -0.2) is 6.57 Å². The summed E-state index contributed by atoms with van der Waals surface area (Å²) in [6.07, 6.45) is 5.44. The average Bonchev–Trinajstić information content (AvgIpc) is 2.80. The molecule has 2 fully saturated rings. The van der Waals surface area contributed by atoms with Crippen LogP contribution in [0.4, 0.5) is 0 Å². The topological polar surface area (TPSA) is 10.8 Å². The van der Waals surface area contributed by atoms with E-state index in [0.717, 1.165) is 12.6 Å². The monoisotopic (exact) mass is 207 g/mol. The van der Waals surface area contributed by atoms with Crippen LogP contribution in [0.1, 0.15) is 25.7 Å². The van der Waals surface area contributed by atoms with Crippen LogP contribution in [0.3, 0.4) is 0 Å².